The van der Waals surface area contributed by atoms with Crippen molar-refractivity contribution in [3.8, 4) is 5.75 Å². The van der Waals surface area contributed by atoms with Gasteiger partial charge in [-0.25, -0.2) is 4.79 Å². The van der Waals surface area contributed by atoms with Crippen LogP contribution in [0, 0.1) is 0 Å². The molecule has 1 amide bonds. The maximum atomic E-state index is 12.9. The lowest BCUT2D eigenvalue weighted by Gasteiger charge is -2.23. The second kappa shape index (κ2) is 9.35. The summed E-state index contributed by atoms with van der Waals surface area (Å²) in [7, 11) is 1.56. The maximum absolute atomic E-state index is 12.9. The number of anilines is 1. The zero-order valence-corrected chi connectivity index (χ0v) is 18.5. The van der Waals surface area contributed by atoms with Crippen LogP contribution >= 0.6 is 11.3 Å². The number of ether oxygens (including phenoxy) is 2. The number of esters is 1. The monoisotopic (exact) mass is 435 g/mol. The standard InChI is InChI=1S/C25H25NO4S/c1-3-30-25(28)22-20-13-12-17(16-8-5-4-6-9-16)15-21(20)31-24(22)26-23(27)18-10-7-11-19(14-18)29-2/h4-11,14,17H,3,12-13,15H2,1-2H3,(H,26,27). The van der Waals surface area contributed by atoms with Crippen LogP contribution in [0.2, 0.25) is 0 Å². The molecule has 0 saturated heterocycles. The number of carbonyl (C=O) groups excluding carboxylic acids is 2. The molecule has 2 aromatic carbocycles. The first-order valence-electron chi connectivity index (χ1n) is 10.4. The van der Waals surface area contributed by atoms with Gasteiger partial charge in [0.25, 0.3) is 5.91 Å². The van der Waals surface area contributed by atoms with Gasteiger partial charge >= 0.3 is 5.97 Å². The molecule has 0 saturated carbocycles. The highest BCUT2D eigenvalue weighted by molar-refractivity contribution is 7.17. The lowest BCUT2D eigenvalue weighted by atomic mass is 9.83. The molecular weight excluding hydrogens is 410 g/mol. The molecule has 31 heavy (non-hydrogen) atoms. The fourth-order valence-electron chi connectivity index (χ4n) is 4.04. The van der Waals surface area contributed by atoms with Crippen LogP contribution < -0.4 is 10.1 Å². The van der Waals surface area contributed by atoms with Crippen molar-refractivity contribution < 1.29 is 19.1 Å². The average Bonchev–Trinajstić information content (AvgIpc) is 3.16. The minimum atomic E-state index is -0.376. The third-order valence-electron chi connectivity index (χ3n) is 5.57. The molecule has 0 spiro atoms. The normalized spacial score (nSPS) is 15.1. The van der Waals surface area contributed by atoms with Crippen LogP contribution in [0.5, 0.6) is 5.75 Å². The van der Waals surface area contributed by atoms with Crippen molar-refractivity contribution in [2.45, 2.75) is 32.1 Å². The van der Waals surface area contributed by atoms with E-state index in [1.807, 2.05) is 6.07 Å². The molecular formula is C25H25NO4S. The SMILES string of the molecule is CCOC(=O)c1c(NC(=O)c2cccc(OC)c2)sc2c1CCC(c1ccccc1)C2. The molecule has 1 heterocycles. The smallest absolute Gasteiger partial charge is 0.341 e. The summed E-state index contributed by atoms with van der Waals surface area (Å²) in [5.74, 6) is 0.362. The van der Waals surface area contributed by atoms with Gasteiger partial charge in [-0.1, -0.05) is 36.4 Å². The first-order valence-corrected chi connectivity index (χ1v) is 11.2. The molecule has 1 aliphatic carbocycles. The van der Waals surface area contributed by atoms with Gasteiger partial charge in [0.15, 0.2) is 0 Å². The topological polar surface area (TPSA) is 64.6 Å². The Morgan fingerprint density at radius 2 is 1.94 bits per heavy atom. The van der Waals surface area contributed by atoms with Crippen molar-refractivity contribution in [1.82, 2.24) is 0 Å². The van der Waals surface area contributed by atoms with Crippen molar-refractivity contribution >= 4 is 28.2 Å². The van der Waals surface area contributed by atoms with E-state index in [0.29, 0.717) is 34.4 Å². The molecule has 160 valence electrons. The van der Waals surface area contributed by atoms with Crippen LogP contribution in [0.1, 0.15) is 56.0 Å². The summed E-state index contributed by atoms with van der Waals surface area (Å²) in [4.78, 5) is 26.8. The highest BCUT2D eigenvalue weighted by Gasteiger charge is 2.31. The number of fused-ring (bicyclic) bond motifs is 1. The van der Waals surface area contributed by atoms with Gasteiger partial charge in [-0.3, -0.25) is 4.79 Å². The van der Waals surface area contributed by atoms with E-state index >= 15 is 0 Å². The Morgan fingerprint density at radius 3 is 2.68 bits per heavy atom. The van der Waals surface area contributed by atoms with Crippen LogP contribution in [0.15, 0.2) is 54.6 Å². The first kappa shape index (κ1) is 21.1. The molecule has 1 aliphatic rings. The highest BCUT2D eigenvalue weighted by atomic mass is 32.1. The fourth-order valence-corrected chi connectivity index (χ4v) is 5.35. The first-order chi connectivity index (χ1) is 15.1. The minimum absolute atomic E-state index is 0.275. The summed E-state index contributed by atoms with van der Waals surface area (Å²) >= 11 is 1.48. The van der Waals surface area contributed by atoms with Crippen LogP contribution in [0.4, 0.5) is 5.00 Å². The summed E-state index contributed by atoms with van der Waals surface area (Å²) in [6, 6.07) is 17.4. The Balaban J connectivity index is 1.65. The summed E-state index contributed by atoms with van der Waals surface area (Å²) < 4.78 is 10.5. The molecule has 0 radical (unpaired) electrons. The summed E-state index contributed by atoms with van der Waals surface area (Å²) in [6.45, 7) is 2.08. The predicted octanol–water partition coefficient (Wildman–Crippen LogP) is 5.46. The molecule has 3 aromatic rings. The molecule has 5 nitrogen and oxygen atoms in total. The molecule has 0 aliphatic heterocycles. The minimum Gasteiger partial charge on any atom is -0.497 e. The van der Waals surface area contributed by atoms with Gasteiger partial charge in [0.05, 0.1) is 19.3 Å². The third kappa shape index (κ3) is 4.49. The molecule has 1 aromatic heterocycles. The van der Waals surface area contributed by atoms with E-state index in [-0.39, 0.29) is 11.9 Å². The molecule has 1 N–H and O–H groups in total. The Morgan fingerprint density at radius 1 is 1.13 bits per heavy atom. The van der Waals surface area contributed by atoms with Gasteiger partial charge in [-0.2, -0.15) is 0 Å². The van der Waals surface area contributed by atoms with Gasteiger partial charge in [-0.15, -0.1) is 11.3 Å². The molecule has 6 heteroatoms. The lowest BCUT2D eigenvalue weighted by molar-refractivity contribution is 0.0526. The van der Waals surface area contributed by atoms with Gasteiger partial charge in [-0.05, 0) is 61.4 Å². The summed E-state index contributed by atoms with van der Waals surface area (Å²) in [5.41, 5.74) is 3.30. The zero-order chi connectivity index (χ0) is 21.8. The zero-order valence-electron chi connectivity index (χ0n) is 17.6. The number of hydrogen-bond donors (Lipinski definition) is 1. The number of methoxy groups -OCH3 is 1. The van der Waals surface area contributed by atoms with E-state index in [4.69, 9.17) is 9.47 Å². The Hall–Kier alpha value is -3.12. The number of amides is 1. The van der Waals surface area contributed by atoms with Gasteiger partial charge in [0.1, 0.15) is 10.8 Å². The van der Waals surface area contributed by atoms with Crippen molar-refractivity contribution in [2.75, 3.05) is 19.0 Å². The number of nitrogens with one attached hydrogen (secondary N) is 1. The van der Waals surface area contributed by atoms with E-state index in [2.05, 4.69) is 29.6 Å². The Labute approximate surface area is 186 Å². The third-order valence-corrected chi connectivity index (χ3v) is 6.74. The van der Waals surface area contributed by atoms with Crippen LogP contribution in [0.3, 0.4) is 0 Å². The van der Waals surface area contributed by atoms with Gasteiger partial charge < -0.3 is 14.8 Å². The number of hydrogen-bond acceptors (Lipinski definition) is 5. The number of benzene rings is 2. The largest absolute Gasteiger partial charge is 0.497 e. The fraction of sp³-hybridized carbons (Fsp3) is 0.280. The van der Waals surface area contributed by atoms with E-state index in [0.717, 1.165) is 29.7 Å². The Kier molecular flexibility index (Phi) is 6.37. The highest BCUT2D eigenvalue weighted by Crippen LogP contribution is 2.43. The molecule has 0 bridgehead atoms. The molecule has 0 fully saturated rings. The van der Waals surface area contributed by atoms with E-state index < -0.39 is 0 Å². The number of rotatable bonds is 6. The van der Waals surface area contributed by atoms with Crippen LogP contribution in [0.25, 0.3) is 0 Å². The van der Waals surface area contributed by atoms with Crippen molar-refractivity contribution in [3.05, 3.63) is 81.7 Å². The summed E-state index contributed by atoms with van der Waals surface area (Å²) in [5, 5.41) is 3.51. The summed E-state index contributed by atoms with van der Waals surface area (Å²) in [6.07, 6.45) is 2.60. The average molecular weight is 436 g/mol. The Bertz CT molecular complexity index is 1090. The van der Waals surface area contributed by atoms with E-state index in [9.17, 15) is 9.59 Å². The number of thiophene rings is 1. The van der Waals surface area contributed by atoms with E-state index in [1.165, 1.54) is 16.9 Å². The van der Waals surface area contributed by atoms with Crippen molar-refractivity contribution in [2.24, 2.45) is 0 Å². The maximum Gasteiger partial charge on any atom is 0.341 e. The predicted molar refractivity (Wildman–Crippen MR) is 122 cm³/mol. The molecule has 4 rings (SSSR count). The quantitative estimate of drug-likeness (QED) is 0.522. The van der Waals surface area contributed by atoms with E-state index in [1.54, 1.807) is 38.3 Å². The molecule has 1 unspecified atom stereocenters. The second-order valence-corrected chi connectivity index (χ2v) is 8.57. The van der Waals surface area contributed by atoms with Crippen molar-refractivity contribution in [3.63, 3.8) is 0 Å². The van der Waals surface area contributed by atoms with Crippen LogP contribution in [-0.4, -0.2) is 25.6 Å². The lowest BCUT2D eigenvalue weighted by Crippen LogP contribution is -2.17. The van der Waals surface area contributed by atoms with Gasteiger partial charge in [0.2, 0.25) is 0 Å². The van der Waals surface area contributed by atoms with Crippen LogP contribution in [-0.2, 0) is 17.6 Å². The van der Waals surface area contributed by atoms with Crippen molar-refractivity contribution in [1.29, 1.82) is 0 Å². The van der Waals surface area contributed by atoms with Gasteiger partial charge in [0, 0.05) is 10.4 Å². The second-order valence-electron chi connectivity index (χ2n) is 7.46. The molecule has 1 atom stereocenters. The number of carbonyl (C=O) groups is 2.